The standard InChI is InChI=1S/C23H28N4O3S/c1-14-9-22(3,4)13-23(10-14)20(29)27(21(30)26-23)11-19(28)25-17-7-5-16(6-8-17)18-12-31-15(2)24-18/h5-8,12,14H,9-11,13H2,1-4H3,(H,25,28)(H,26,30). The predicted molar refractivity (Wildman–Crippen MR) is 121 cm³/mol. The molecule has 1 aliphatic heterocycles. The molecule has 1 aliphatic carbocycles. The summed E-state index contributed by atoms with van der Waals surface area (Å²) in [6, 6.07) is 6.87. The molecule has 164 valence electrons. The van der Waals surface area contributed by atoms with Gasteiger partial charge in [0.05, 0.1) is 10.7 Å². The van der Waals surface area contributed by atoms with Crippen LogP contribution in [-0.2, 0) is 9.59 Å². The number of urea groups is 1. The molecule has 7 nitrogen and oxygen atoms in total. The van der Waals surface area contributed by atoms with Crippen LogP contribution in [0.2, 0.25) is 0 Å². The van der Waals surface area contributed by atoms with Crippen LogP contribution in [0, 0.1) is 18.3 Å². The second-order valence-electron chi connectivity index (χ2n) is 9.64. The summed E-state index contributed by atoms with van der Waals surface area (Å²) in [5, 5.41) is 8.67. The van der Waals surface area contributed by atoms with Crippen molar-refractivity contribution in [3.63, 3.8) is 0 Å². The van der Waals surface area contributed by atoms with Crippen molar-refractivity contribution in [3.8, 4) is 11.3 Å². The Labute approximate surface area is 186 Å². The number of aromatic nitrogens is 1. The number of hydrogen-bond acceptors (Lipinski definition) is 5. The minimum Gasteiger partial charge on any atom is -0.325 e. The number of anilines is 1. The van der Waals surface area contributed by atoms with E-state index in [1.54, 1.807) is 23.5 Å². The average Bonchev–Trinajstić information content (AvgIpc) is 3.18. The van der Waals surface area contributed by atoms with Gasteiger partial charge in [0.1, 0.15) is 12.1 Å². The van der Waals surface area contributed by atoms with E-state index in [2.05, 4.69) is 36.4 Å². The summed E-state index contributed by atoms with van der Waals surface area (Å²) in [6.45, 7) is 8.01. The van der Waals surface area contributed by atoms with Crippen molar-refractivity contribution in [1.82, 2.24) is 15.2 Å². The number of rotatable bonds is 4. The molecule has 1 spiro atoms. The molecule has 2 aliphatic rings. The molecule has 2 aromatic rings. The van der Waals surface area contributed by atoms with Crippen LogP contribution in [0.5, 0.6) is 0 Å². The first kappa shape index (κ1) is 21.5. The van der Waals surface area contributed by atoms with Crippen molar-refractivity contribution in [2.45, 2.75) is 52.5 Å². The van der Waals surface area contributed by atoms with Crippen LogP contribution in [0.4, 0.5) is 10.5 Å². The van der Waals surface area contributed by atoms with Crippen LogP contribution in [0.3, 0.4) is 0 Å². The molecular formula is C23H28N4O3S. The third-order valence-corrected chi connectivity index (χ3v) is 6.78. The Morgan fingerprint density at radius 2 is 1.97 bits per heavy atom. The molecule has 0 radical (unpaired) electrons. The van der Waals surface area contributed by atoms with Crippen molar-refractivity contribution >= 4 is 34.9 Å². The van der Waals surface area contributed by atoms with E-state index in [4.69, 9.17) is 0 Å². The van der Waals surface area contributed by atoms with Crippen molar-refractivity contribution in [2.24, 2.45) is 11.3 Å². The fourth-order valence-electron chi connectivity index (χ4n) is 5.21. The van der Waals surface area contributed by atoms with Gasteiger partial charge in [-0.15, -0.1) is 11.3 Å². The van der Waals surface area contributed by atoms with Crippen LogP contribution in [0.1, 0.15) is 45.0 Å². The molecule has 4 amide bonds. The maximum atomic E-state index is 13.2. The lowest BCUT2D eigenvalue weighted by atomic mass is 9.64. The lowest BCUT2D eigenvalue weighted by Crippen LogP contribution is -2.54. The lowest BCUT2D eigenvalue weighted by molar-refractivity contribution is -0.136. The second kappa shape index (κ2) is 7.75. The molecule has 2 unspecified atom stereocenters. The number of nitrogens with one attached hydrogen (secondary N) is 2. The minimum absolute atomic E-state index is 0.0452. The number of nitrogens with zero attached hydrogens (tertiary/aromatic N) is 2. The predicted octanol–water partition coefficient (Wildman–Crippen LogP) is 4.19. The fourth-order valence-corrected chi connectivity index (χ4v) is 5.84. The number of thiazole rings is 1. The van der Waals surface area contributed by atoms with Crippen molar-refractivity contribution < 1.29 is 14.4 Å². The summed E-state index contributed by atoms with van der Waals surface area (Å²) in [5.74, 6) is -0.371. The zero-order chi connectivity index (χ0) is 22.4. The molecule has 2 fully saturated rings. The molecule has 1 aromatic heterocycles. The number of hydrogen-bond donors (Lipinski definition) is 2. The average molecular weight is 441 g/mol. The molecule has 1 saturated carbocycles. The van der Waals surface area contributed by atoms with Gasteiger partial charge in [0.2, 0.25) is 5.91 Å². The van der Waals surface area contributed by atoms with E-state index in [1.807, 2.05) is 24.4 Å². The molecule has 1 saturated heterocycles. The van der Waals surface area contributed by atoms with Gasteiger partial charge in [-0.2, -0.15) is 0 Å². The smallest absolute Gasteiger partial charge is 0.325 e. The molecule has 2 atom stereocenters. The first-order chi connectivity index (χ1) is 14.6. The highest BCUT2D eigenvalue weighted by molar-refractivity contribution is 7.09. The SMILES string of the molecule is Cc1nc(-c2ccc(NC(=O)CN3C(=O)NC4(CC(C)CC(C)(C)C4)C3=O)cc2)cs1. The summed E-state index contributed by atoms with van der Waals surface area (Å²) in [7, 11) is 0. The second-order valence-corrected chi connectivity index (χ2v) is 10.7. The summed E-state index contributed by atoms with van der Waals surface area (Å²) >= 11 is 1.59. The Morgan fingerprint density at radius 1 is 1.26 bits per heavy atom. The first-order valence-electron chi connectivity index (χ1n) is 10.5. The van der Waals surface area contributed by atoms with Crippen LogP contribution in [0.15, 0.2) is 29.6 Å². The summed E-state index contributed by atoms with van der Waals surface area (Å²) < 4.78 is 0. The number of carbonyl (C=O) groups excluding carboxylic acids is 3. The van der Waals surface area contributed by atoms with Gasteiger partial charge in [0, 0.05) is 16.6 Å². The quantitative estimate of drug-likeness (QED) is 0.697. The zero-order valence-electron chi connectivity index (χ0n) is 18.3. The lowest BCUT2D eigenvalue weighted by Gasteiger charge is -2.43. The van der Waals surface area contributed by atoms with Crippen molar-refractivity contribution in [3.05, 3.63) is 34.7 Å². The Morgan fingerprint density at radius 3 is 2.58 bits per heavy atom. The van der Waals surface area contributed by atoms with Gasteiger partial charge >= 0.3 is 6.03 Å². The molecule has 8 heteroatoms. The number of benzene rings is 1. The summed E-state index contributed by atoms with van der Waals surface area (Å²) in [6.07, 6.45) is 2.20. The third-order valence-electron chi connectivity index (χ3n) is 6.01. The maximum absolute atomic E-state index is 13.2. The van der Waals surface area contributed by atoms with Gasteiger partial charge < -0.3 is 10.6 Å². The van der Waals surface area contributed by atoms with E-state index in [0.29, 0.717) is 24.4 Å². The molecule has 4 rings (SSSR count). The Balaban J connectivity index is 1.41. The Bertz CT molecular complexity index is 1030. The molecular weight excluding hydrogens is 412 g/mol. The topological polar surface area (TPSA) is 91.4 Å². The van der Waals surface area contributed by atoms with Gasteiger partial charge in [0.25, 0.3) is 5.91 Å². The normalized spacial score (nSPS) is 25.0. The van der Waals surface area contributed by atoms with E-state index in [1.165, 1.54) is 0 Å². The molecule has 0 bridgehead atoms. The summed E-state index contributed by atoms with van der Waals surface area (Å²) in [5.41, 5.74) is 1.53. The van der Waals surface area contributed by atoms with Crippen LogP contribution in [-0.4, -0.2) is 39.8 Å². The molecule has 2 heterocycles. The van der Waals surface area contributed by atoms with E-state index in [-0.39, 0.29) is 17.9 Å². The van der Waals surface area contributed by atoms with E-state index in [0.717, 1.165) is 27.6 Å². The molecule has 2 N–H and O–H groups in total. The first-order valence-corrected chi connectivity index (χ1v) is 11.4. The Kier molecular flexibility index (Phi) is 5.37. The highest BCUT2D eigenvalue weighted by atomic mass is 32.1. The number of aryl methyl sites for hydroxylation is 1. The zero-order valence-corrected chi connectivity index (χ0v) is 19.1. The van der Waals surface area contributed by atoms with Gasteiger partial charge in [-0.1, -0.05) is 32.9 Å². The van der Waals surface area contributed by atoms with E-state index >= 15 is 0 Å². The van der Waals surface area contributed by atoms with Gasteiger partial charge in [-0.25, -0.2) is 9.78 Å². The molecule has 31 heavy (non-hydrogen) atoms. The third kappa shape index (κ3) is 4.35. The minimum atomic E-state index is -0.897. The number of amides is 4. The Hall–Kier alpha value is -2.74. The van der Waals surface area contributed by atoms with Crippen molar-refractivity contribution in [2.75, 3.05) is 11.9 Å². The van der Waals surface area contributed by atoms with Crippen LogP contribution in [0.25, 0.3) is 11.3 Å². The highest BCUT2D eigenvalue weighted by Crippen LogP contribution is 2.46. The van der Waals surface area contributed by atoms with Gasteiger partial charge in [-0.05, 0) is 49.7 Å². The largest absolute Gasteiger partial charge is 0.325 e. The number of imide groups is 1. The van der Waals surface area contributed by atoms with E-state index in [9.17, 15) is 14.4 Å². The van der Waals surface area contributed by atoms with Crippen molar-refractivity contribution in [1.29, 1.82) is 0 Å². The van der Waals surface area contributed by atoms with Crippen LogP contribution >= 0.6 is 11.3 Å². The fraction of sp³-hybridized carbons (Fsp3) is 0.478. The van der Waals surface area contributed by atoms with Crippen LogP contribution < -0.4 is 10.6 Å². The summed E-state index contributed by atoms with van der Waals surface area (Å²) in [4.78, 5) is 43.8. The number of carbonyl (C=O) groups is 3. The van der Waals surface area contributed by atoms with Gasteiger partial charge in [-0.3, -0.25) is 14.5 Å². The van der Waals surface area contributed by atoms with Gasteiger partial charge in [0.15, 0.2) is 0 Å². The maximum Gasteiger partial charge on any atom is 0.325 e. The highest BCUT2D eigenvalue weighted by Gasteiger charge is 2.56. The monoisotopic (exact) mass is 440 g/mol. The van der Waals surface area contributed by atoms with E-state index < -0.39 is 17.5 Å². The molecule has 1 aromatic carbocycles.